The lowest BCUT2D eigenvalue weighted by molar-refractivity contribution is -0.181. The highest BCUT2D eigenvalue weighted by molar-refractivity contribution is 5.94. The van der Waals surface area contributed by atoms with Crippen LogP contribution in [0.5, 0.6) is 0 Å². The Morgan fingerprint density at radius 3 is 1.75 bits per heavy atom. The summed E-state index contributed by atoms with van der Waals surface area (Å²) >= 11 is 0. The fourth-order valence-corrected chi connectivity index (χ4v) is 3.09. The summed E-state index contributed by atoms with van der Waals surface area (Å²) in [6, 6.07) is 6.93. The van der Waals surface area contributed by atoms with Crippen LogP contribution in [-0.2, 0) is 23.7 Å². The van der Waals surface area contributed by atoms with Crippen LogP contribution >= 0.6 is 0 Å². The second kappa shape index (κ2) is 10.7. The zero-order valence-electron chi connectivity index (χ0n) is 16.3. The van der Waals surface area contributed by atoms with Crippen LogP contribution in [0, 0.1) is 5.41 Å². The van der Waals surface area contributed by atoms with E-state index in [4.69, 9.17) is 29.4 Å². The fraction of sp³-hybridized carbons (Fsp3) is 0.650. The smallest absolute Gasteiger partial charge is 0.254 e. The van der Waals surface area contributed by atoms with Crippen molar-refractivity contribution in [3.05, 3.63) is 29.8 Å². The molecule has 156 valence electrons. The lowest BCUT2D eigenvalue weighted by Crippen LogP contribution is -2.50. The Hall–Kier alpha value is -1.71. The van der Waals surface area contributed by atoms with Crippen molar-refractivity contribution in [3.63, 3.8) is 0 Å². The van der Waals surface area contributed by atoms with Crippen molar-refractivity contribution in [3.8, 4) is 0 Å². The molecule has 0 atom stereocenters. The minimum absolute atomic E-state index is 0.0423. The van der Waals surface area contributed by atoms with Crippen LogP contribution in [0.2, 0.25) is 0 Å². The minimum Gasteiger partial charge on any atom is -0.399 e. The van der Waals surface area contributed by atoms with Gasteiger partial charge in [0.25, 0.3) is 5.91 Å². The van der Waals surface area contributed by atoms with Crippen LogP contribution in [0.4, 0.5) is 5.69 Å². The third kappa shape index (κ3) is 6.15. The standard InChI is InChI=1S/C20H30N2O6/c21-18-3-1-17(2-4-18)19(23)22-5-7-24-9-11-26-13-20(15-28-16-20)14-27-12-10-25-8-6-22/h1-4H,5-16,21H2. The molecule has 8 heteroatoms. The van der Waals surface area contributed by atoms with Gasteiger partial charge in [-0.2, -0.15) is 0 Å². The molecular weight excluding hydrogens is 364 g/mol. The molecule has 1 aromatic rings. The molecule has 1 amide bonds. The largest absolute Gasteiger partial charge is 0.399 e. The van der Waals surface area contributed by atoms with Crippen molar-refractivity contribution in [2.24, 2.45) is 5.41 Å². The monoisotopic (exact) mass is 394 g/mol. The van der Waals surface area contributed by atoms with Gasteiger partial charge in [0.15, 0.2) is 0 Å². The predicted molar refractivity (Wildman–Crippen MR) is 103 cm³/mol. The molecule has 8 nitrogen and oxygen atoms in total. The molecule has 0 bridgehead atoms. The molecule has 2 aliphatic rings. The van der Waals surface area contributed by atoms with Crippen molar-refractivity contribution < 1.29 is 28.5 Å². The molecule has 0 saturated carbocycles. The molecule has 1 spiro atoms. The van der Waals surface area contributed by atoms with Crippen molar-refractivity contribution in [1.82, 2.24) is 4.90 Å². The summed E-state index contributed by atoms with van der Waals surface area (Å²) in [5.74, 6) is -0.0623. The molecule has 2 fully saturated rings. The summed E-state index contributed by atoms with van der Waals surface area (Å²) in [7, 11) is 0. The molecule has 0 unspecified atom stereocenters. The molecule has 1 aromatic carbocycles. The Morgan fingerprint density at radius 1 is 0.750 bits per heavy atom. The highest BCUT2D eigenvalue weighted by Crippen LogP contribution is 2.28. The Balaban J connectivity index is 1.51. The summed E-state index contributed by atoms with van der Waals surface area (Å²) in [5, 5.41) is 0. The predicted octanol–water partition coefficient (Wildman–Crippen LogP) is 0.808. The van der Waals surface area contributed by atoms with Crippen LogP contribution in [0.15, 0.2) is 24.3 Å². The lowest BCUT2D eigenvalue weighted by Gasteiger charge is -2.40. The number of rotatable bonds is 1. The summed E-state index contributed by atoms with van der Waals surface area (Å²) in [6.07, 6.45) is 0. The van der Waals surface area contributed by atoms with E-state index in [1.807, 2.05) is 0 Å². The van der Waals surface area contributed by atoms with Crippen LogP contribution in [0.25, 0.3) is 0 Å². The third-order valence-electron chi connectivity index (χ3n) is 4.83. The van der Waals surface area contributed by atoms with Crippen molar-refractivity contribution in [2.45, 2.75) is 0 Å². The summed E-state index contributed by atoms with van der Waals surface area (Å²) in [4.78, 5) is 14.5. The first-order valence-electron chi connectivity index (χ1n) is 9.72. The third-order valence-corrected chi connectivity index (χ3v) is 4.83. The second-order valence-electron chi connectivity index (χ2n) is 7.24. The maximum atomic E-state index is 12.8. The summed E-state index contributed by atoms with van der Waals surface area (Å²) in [5.41, 5.74) is 6.90. The minimum atomic E-state index is -0.0623. The number of hydrogen-bond acceptors (Lipinski definition) is 7. The van der Waals surface area contributed by atoms with Gasteiger partial charge in [0.2, 0.25) is 0 Å². The number of ether oxygens (including phenoxy) is 5. The number of carbonyl (C=O) groups excluding carboxylic acids is 1. The average Bonchev–Trinajstić information content (AvgIpc) is 2.67. The molecular formula is C20H30N2O6. The van der Waals surface area contributed by atoms with Gasteiger partial charge in [0.05, 0.1) is 71.5 Å². The Morgan fingerprint density at radius 2 is 1.25 bits per heavy atom. The number of benzene rings is 1. The van der Waals surface area contributed by atoms with E-state index in [9.17, 15) is 4.79 Å². The molecule has 2 heterocycles. The van der Waals surface area contributed by atoms with Gasteiger partial charge < -0.3 is 34.3 Å². The fourth-order valence-electron chi connectivity index (χ4n) is 3.09. The van der Waals surface area contributed by atoms with Gasteiger partial charge in [-0.3, -0.25) is 4.79 Å². The maximum Gasteiger partial charge on any atom is 0.254 e. The van der Waals surface area contributed by atoms with Crippen LogP contribution in [0.1, 0.15) is 10.4 Å². The van der Waals surface area contributed by atoms with Crippen LogP contribution in [0.3, 0.4) is 0 Å². The molecule has 0 aromatic heterocycles. The quantitative estimate of drug-likeness (QED) is 0.705. The number of hydrogen-bond donors (Lipinski definition) is 1. The van der Waals surface area contributed by atoms with E-state index >= 15 is 0 Å². The van der Waals surface area contributed by atoms with Crippen molar-refractivity contribution in [1.29, 1.82) is 0 Å². The number of anilines is 1. The Labute approximate surface area is 165 Å². The highest BCUT2D eigenvalue weighted by Gasteiger charge is 2.39. The van der Waals surface area contributed by atoms with Crippen LogP contribution < -0.4 is 5.73 Å². The first-order chi connectivity index (χ1) is 13.7. The Kier molecular flexibility index (Phi) is 8.05. The summed E-state index contributed by atoms with van der Waals surface area (Å²) < 4.78 is 28.1. The number of amides is 1. The highest BCUT2D eigenvalue weighted by atomic mass is 16.6. The Bertz CT molecular complexity index is 585. The van der Waals surface area contributed by atoms with Crippen molar-refractivity contribution >= 4 is 11.6 Å². The molecule has 2 aliphatic heterocycles. The van der Waals surface area contributed by atoms with Gasteiger partial charge in [0.1, 0.15) is 0 Å². The van der Waals surface area contributed by atoms with E-state index in [0.717, 1.165) is 0 Å². The zero-order valence-corrected chi connectivity index (χ0v) is 16.3. The zero-order chi connectivity index (χ0) is 19.7. The second-order valence-corrected chi connectivity index (χ2v) is 7.24. The maximum absolute atomic E-state index is 12.8. The van der Waals surface area contributed by atoms with Gasteiger partial charge in [-0.1, -0.05) is 0 Å². The van der Waals surface area contributed by atoms with E-state index in [1.54, 1.807) is 29.2 Å². The number of nitrogen functional groups attached to an aromatic ring is 1. The number of carbonyl (C=O) groups is 1. The first-order valence-corrected chi connectivity index (χ1v) is 9.72. The number of nitrogens with zero attached hydrogens (tertiary/aromatic N) is 1. The first kappa shape index (κ1) is 21.0. The van der Waals surface area contributed by atoms with E-state index in [0.29, 0.717) is 90.4 Å². The molecule has 3 rings (SSSR count). The van der Waals surface area contributed by atoms with Gasteiger partial charge >= 0.3 is 0 Å². The van der Waals surface area contributed by atoms with E-state index in [-0.39, 0.29) is 11.3 Å². The topological polar surface area (TPSA) is 92.5 Å². The van der Waals surface area contributed by atoms with Crippen molar-refractivity contribution in [2.75, 3.05) is 84.9 Å². The summed E-state index contributed by atoms with van der Waals surface area (Å²) in [6.45, 7) is 6.38. The van der Waals surface area contributed by atoms with Gasteiger partial charge in [-0.25, -0.2) is 0 Å². The van der Waals surface area contributed by atoms with E-state index < -0.39 is 0 Å². The van der Waals surface area contributed by atoms with Gasteiger partial charge in [-0.15, -0.1) is 0 Å². The molecule has 2 saturated heterocycles. The van der Waals surface area contributed by atoms with Gasteiger partial charge in [-0.05, 0) is 24.3 Å². The molecule has 0 radical (unpaired) electrons. The normalized spacial score (nSPS) is 22.5. The molecule has 2 N–H and O–H groups in total. The average molecular weight is 394 g/mol. The van der Waals surface area contributed by atoms with E-state index in [2.05, 4.69) is 0 Å². The lowest BCUT2D eigenvalue weighted by atomic mass is 9.88. The SMILES string of the molecule is Nc1ccc(C(=O)N2CCOCCOCC3(COCCOCC2)COC3)cc1. The molecule has 0 aliphatic carbocycles. The van der Waals surface area contributed by atoms with E-state index in [1.165, 1.54) is 0 Å². The van der Waals surface area contributed by atoms with Crippen LogP contribution in [-0.4, -0.2) is 90.0 Å². The molecule has 28 heavy (non-hydrogen) atoms. The van der Waals surface area contributed by atoms with Gasteiger partial charge in [0, 0.05) is 24.3 Å². The number of nitrogens with two attached hydrogens (primary N) is 1.